The van der Waals surface area contributed by atoms with Crippen LogP contribution >= 0.6 is 0 Å². The SMILES string of the molecule is CCCn1c(N)nc2c(c1=O)N(C)CN2C(O)OCCCO.[I-]. The van der Waals surface area contributed by atoms with E-state index in [1.165, 1.54) is 9.47 Å². The fourth-order valence-corrected chi connectivity index (χ4v) is 2.41. The Balaban J connectivity index is 0.00000264. The minimum atomic E-state index is -1.25. The van der Waals surface area contributed by atoms with Crippen molar-refractivity contribution in [3.63, 3.8) is 0 Å². The number of nitrogens with two attached hydrogens (primary N) is 1. The largest absolute Gasteiger partial charge is 1.00 e. The van der Waals surface area contributed by atoms with Gasteiger partial charge in [0.25, 0.3) is 5.56 Å². The number of anilines is 3. The molecule has 0 aliphatic carbocycles. The van der Waals surface area contributed by atoms with Gasteiger partial charge in [0.2, 0.25) is 12.4 Å². The maximum atomic E-state index is 12.5. The number of aliphatic hydroxyl groups excluding tert-OH is 2. The van der Waals surface area contributed by atoms with E-state index in [0.717, 1.165) is 6.42 Å². The van der Waals surface area contributed by atoms with E-state index in [1.807, 2.05) is 6.92 Å². The summed E-state index contributed by atoms with van der Waals surface area (Å²) in [5, 5.41) is 18.8. The number of hydrogen-bond acceptors (Lipinski definition) is 8. The van der Waals surface area contributed by atoms with E-state index in [1.54, 1.807) is 11.9 Å². The van der Waals surface area contributed by atoms with Crippen LogP contribution in [0.15, 0.2) is 4.79 Å². The molecule has 0 saturated heterocycles. The molecule has 0 spiro atoms. The van der Waals surface area contributed by atoms with Crippen LogP contribution < -0.4 is 45.1 Å². The predicted molar refractivity (Wildman–Crippen MR) is 82.6 cm³/mol. The summed E-state index contributed by atoms with van der Waals surface area (Å²) in [7, 11) is 1.74. The Morgan fingerprint density at radius 2 is 2.17 bits per heavy atom. The fourth-order valence-electron chi connectivity index (χ4n) is 2.41. The molecule has 0 fully saturated rings. The van der Waals surface area contributed by atoms with Crippen molar-refractivity contribution in [2.75, 3.05) is 42.5 Å². The van der Waals surface area contributed by atoms with E-state index in [2.05, 4.69) is 4.98 Å². The fraction of sp³-hybridized carbons (Fsp3) is 0.692. The van der Waals surface area contributed by atoms with Gasteiger partial charge in [0.1, 0.15) is 5.69 Å². The van der Waals surface area contributed by atoms with Gasteiger partial charge in [0.05, 0.1) is 13.3 Å². The molecule has 23 heavy (non-hydrogen) atoms. The summed E-state index contributed by atoms with van der Waals surface area (Å²) in [5.41, 5.74) is 6.03. The summed E-state index contributed by atoms with van der Waals surface area (Å²) < 4.78 is 6.66. The van der Waals surface area contributed by atoms with Crippen molar-refractivity contribution in [2.45, 2.75) is 32.7 Å². The minimum Gasteiger partial charge on any atom is -1.00 e. The maximum Gasteiger partial charge on any atom is 0.280 e. The highest BCUT2D eigenvalue weighted by atomic mass is 127. The van der Waals surface area contributed by atoms with Crippen LogP contribution in [-0.4, -0.2) is 53.1 Å². The molecule has 1 aliphatic rings. The molecule has 0 saturated carbocycles. The zero-order valence-electron chi connectivity index (χ0n) is 13.3. The summed E-state index contributed by atoms with van der Waals surface area (Å²) >= 11 is 0. The Kier molecular flexibility index (Phi) is 7.51. The standard InChI is InChI=1S/C13H23N5O4.HI/c1-3-5-17-11(20)9-10(15-12(17)14)18(8-16(9)2)13(21)22-7-4-6-19;/h13,19,21H,3-8H2,1-2H3,(H2,14,15);1H/p-1. The highest BCUT2D eigenvalue weighted by Crippen LogP contribution is 2.31. The third-order valence-corrected chi connectivity index (χ3v) is 3.46. The maximum absolute atomic E-state index is 12.5. The third-order valence-electron chi connectivity index (χ3n) is 3.46. The summed E-state index contributed by atoms with van der Waals surface area (Å²) in [6.07, 6.45) is -0.0600. The molecule has 1 unspecified atom stereocenters. The third kappa shape index (κ3) is 4.05. The first kappa shape index (κ1) is 19.9. The average Bonchev–Trinajstić information content (AvgIpc) is 2.80. The molecule has 0 amide bonds. The average molecular weight is 440 g/mol. The van der Waals surface area contributed by atoms with E-state index < -0.39 is 6.41 Å². The summed E-state index contributed by atoms with van der Waals surface area (Å²) in [5.74, 6) is 0.433. The Morgan fingerprint density at radius 3 is 2.78 bits per heavy atom. The molecule has 0 aromatic carbocycles. The van der Waals surface area contributed by atoms with E-state index >= 15 is 0 Å². The molecule has 1 aromatic rings. The highest BCUT2D eigenvalue weighted by molar-refractivity contribution is 5.72. The van der Waals surface area contributed by atoms with E-state index in [-0.39, 0.29) is 55.4 Å². The van der Waals surface area contributed by atoms with Crippen LogP contribution in [-0.2, 0) is 11.3 Å². The quantitative estimate of drug-likeness (QED) is 0.224. The van der Waals surface area contributed by atoms with Gasteiger partial charge < -0.3 is 49.6 Å². The molecule has 1 aliphatic heterocycles. The van der Waals surface area contributed by atoms with Crippen LogP contribution in [0.4, 0.5) is 17.5 Å². The topological polar surface area (TPSA) is 117 Å². The van der Waals surface area contributed by atoms with Crippen LogP contribution in [0.1, 0.15) is 19.8 Å². The van der Waals surface area contributed by atoms with Gasteiger partial charge in [0, 0.05) is 20.2 Å². The van der Waals surface area contributed by atoms with Gasteiger partial charge in [0.15, 0.2) is 5.82 Å². The number of rotatable bonds is 7. The molecular weight excluding hydrogens is 417 g/mol. The smallest absolute Gasteiger partial charge is 0.280 e. The number of aliphatic hydroxyl groups is 2. The molecule has 1 atom stereocenters. The molecule has 9 nitrogen and oxygen atoms in total. The van der Waals surface area contributed by atoms with E-state index in [9.17, 15) is 9.90 Å². The van der Waals surface area contributed by atoms with E-state index in [0.29, 0.717) is 24.5 Å². The number of hydrogen-bond donors (Lipinski definition) is 3. The summed E-state index contributed by atoms with van der Waals surface area (Å²) in [6.45, 7) is 2.90. The lowest BCUT2D eigenvalue weighted by Gasteiger charge is -2.24. The van der Waals surface area contributed by atoms with Crippen LogP contribution in [0.2, 0.25) is 0 Å². The van der Waals surface area contributed by atoms with Gasteiger partial charge in [-0.1, -0.05) is 6.92 Å². The van der Waals surface area contributed by atoms with E-state index in [4.69, 9.17) is 15.6 Å². The van der Waals surface area contributed by atoms with Gasteiger partial charge in [-0.2, -0.15) is 4.98 Å². The minimum absolute atomic E-state index is 0. The van der Waals surface area contributed by atoms with Crippen LogP contribution in [0.3, 0.4) is 0 Å². The number of ether oxygens (including phenoxy) is 1. The van der Waals surface area contributed by atoms with Gasteiger partial charge in [-0.05, 0) is 12.8 Å². The van der Waals surface area contributed by atoms with Crippen LogP contribution in [0.5, 0.6) is 0 Å². The Hall–Kier alpha value is -1.11. The molecule has 0 radical (unpaired) electrons. The first-order chi connectivity index (χ1) is 10.5. The lowest BCUT2D eigenvalue weighted by atomic mass is 10.4. The van der Waals surface area contributed by atoms with Gasteiger partial charge >= 0.3 is 0 Å². The molecule has 2 heterocycles. The molecule has 10 heteroatoms. The van der Waals surface area contributed by atoms with Crippen molar-refractivity contribution < 1.29 is 38.9 Å². The lowest BCUT2D eigenvalue weighted by Crippen LogP contribution is -3.00. The number of halogens is 1. The molecule has 4 N–H and O–H groups in total. The second kappa shape index (κ2) is 8.66. The van der Waals surface area contributed by atoms with Crippen LogP contribution in [0, 0.1) is 0 Å². The molecule has 0 bridgehead atoms. The molecular formula is C13H23IN5O4-. The van der Waals surface area contributed by atoms with Crippen molar-refractivity contribution in [3.05, 3.63) is 10.4 Å². The van der Waals surface area contributed by atoms with Crippen molar-refractivity contribution in [1.82, 2.24) is 9.55 Å². The summed E-state index contributed by atoms with van der Waals surface area (Å²) in [4.78, 5) is 19.9. The Bertz CT molecular complexity index is 582. The monoisotopic (exact) mass is 440 g/mol. The predicted octanol–water partition coefficient (Wildman–Crippen LogP) is -3.87. The number of aromatic nitrogens is 2. The van der Waals surface area contributed by atoms with Gasteiger partial charge in [-0.25, -0.2) is 0 Å². The van der Waals surface area contributed by atoms with Gasteiger partial charge in [-0.3, -0.25) is 14.3 Å². The van der Waals surface area contributed by atoms with Crippen molar-refractivity contribution in [3.8, 4) is 0 Å². The number of fused-ring (bicyclic) bond motifs is 1. The Morgan fingerprint density at radius 1 is 1.48 bits per heavy atom. The van der Waals surface area contributed by atoms with Crippen molar-refractivity contribution >= 4 is 17.5 Å². The van der Waals surface area contributed by atoms with Crippen molar-refractivity contribution in [2.24, 2.45) is 0 Å². The summed E-state index contributed by atoms with van der Waals surface area (Å²) in [6, 6.07) is 0. The first-order valence-electron chi connectivity index (χ1n) is 7.29. The second-order valence-electron chi connectivity index (χ2n) is 5.18. The number of nitrogens with zero attached hydrogens (tertiary/aromatic N) is 4. The van der Waals surface area contributed by atoms with Gasteiger partial charge in [-0.15, -0.1) is 0 Å². The molecule has 132 valence electrons. The van der Waals surface area contributed by atoms with Crippen LogP contribution in [0.25, 0.3) is 0 Å². The molecule has 2 rings (SSSR count). The Labute approximate surface area is 151 Å². The second-order valence-corrected chi connectivity index (χ2v) is 5.18. The normalized spacial score (nSPS) is 14.6. The zero-order chi connectivity index (χ0) is 16.3. The lowest BCUT2D eigenvalue weighted by molar-refractivity contribution is -0.101. The van der Waals surface area contributed by atoms with Crippen molar-refractivity contribution in [1.29, 1.82) is 0 Å². The number of nitrogen functional groups attached to an aromatic ring is 1. The highest BCUT2D eigenvalue weighted by Gasteiger charge is 2.34. The zero-order valence-corrected chi connectivity index (χ0v) is 15.4. The first-order valence-corrected chi connectivity index (χ1v) is 7.29. The molecule has 1 aromatic heterocycles.